The highest BCUT2D eigenvalue weighted by molar-refractivity contribution is 5.48. The van der Waals surface area contributed by atoms with Gasteiger partial charge in [0.15, 0.2) is 5.82 Å². The lowest BCUT2D eigenvalue weighted by atomic mass is 10.3. The number of nitrogens with zero attached hydrogens (tertiary/aromatic N) is 5. The molecule has 6 nitrogen and oxygen atoms in total. The predicted molar refractivity (Wildman–Crippen MR) is 53.9 cm³/mol. The lowest BCUT2D eigenvalue weighted by Gasteiger charge is -2.15. The first-order valence-electron chi connectivity index (χ1n) is 4.97. The summed E-state index contributed by atoms with van der Waals surface area (Å²) in [5.41, 5.74) is 0.887. The largest absolute Gasteiger partial charge is 0.308 e. The summed E-state index contributed by atoms with van der Waals surface area (Å²) >= 11 is 0. The van der Waals surface area contributed by atoms with Gasteiger partial charge in [0.05, 0.1) is 6.54 Å². The summed E-state index contributed by atoms with van der Waals surface area (Å²) in [5.74, 6) is 1.86. The van der Waals surface area contributed by atoms with Crippen molar-refractivity contribution in [3.63, 3.8) is 0 Å². The van der Waals surface area contributed by atoms with E-state index in [1.165, 1.54) is 0 Å². The summed E-state index contributed by atoms with van der Waals surface area (Å²) in [7, 11) is 1.90. The van der Waals surface area contributed by atoms with Crippen LogP contribution in [0.4, 0.5) is 0 Å². The Morgan fingerprint density at radius 2 is 2.33 bits per heavy atom. The van der Waals surface area contributed by atoms with Gasteiger partial charge in [-0.3, -0.25) is 4.68 Å². The molecule has 3 heterocycles. The average molecular weight is 204 g/mol. The Morgan fingerprint density at radius 3 is 3.13 bits per heavy atom. The Hall–Kier alpha value is -1.69. The highest BCUT2D eigenvalue weighted by Crippen LogP contribution is 2.16. The molecule has 1 aliphatic heterocycles. The van der Waals surface area contributed by atoms with Crippen molar-refractivity contribution in [2.45, 2.75) is 13.1 Å². The molecule has 0 fully saturated rings. The van der Waals surface area contributed by atoms with Crippen LogP contribution in [0.3, 0.4) is 0 Å². The third-order valence-electron chi connectivity index (χ3n) is 2.57. The lowest BCUT2D eigenvalue weighted by Crippen LogP contribution is -2.28. The lowest BCUT2D eigenvalue weighted by molar-refractivity contribution is 0.508. The van der Waals surface area contributed by atoms with Gasteiger partial charge in [-0.25, -0.2) is 0 Å². The van der Waals surface area contributed by atoms with Gasteiger partial charge in [-0.15, -0.1) is 10.2 Å². The average Bonchev–Trinajstić information content (AvgIpc) is 2.83. The van der Waals surface area contributed by atoms with Gasteiger partial charge in [0, 0.05) is 26.3 Å². The maximum Gasteiger partial charge on any atom is 0.184 e. The van der Waals surface area contributed by atoms with E-state index in [4.69, 9.17) is 0 Å². The Labute approximate surface area is 86.9 Å². The number of rotatable bonds is 1. The van der Waals surface area contributed by atoms with E-state index in [2.05, 4.69) is 25.2 Å². The van der Waals surface area contributed by atoms with Gasteiger partial charge in [-0.05, 0) is 6.07 Å². The first kappa shape index (κ1) is 8.60. The van der Waals surface area contributed by atoms with Crippen LogP contribution in [0.2, 0.25) is 0 Å². The predicted octanol–water partition coefficient (Wildman–Crippen LogP) is -0.218. The molecule has 2 aromatic rings. The number of fused-ring (bicyclic) bond motifs is 1. The van der Waals surface area contributed by atoms with E-state index in [0.29, 0.717) is 0 Å². The van der Waals surface area contributed by atoms with Crippen LogP contribution in [0.1, 0.15) is 5.82 Å². The molecular weight excluding hydrogens is 192 g/mol. The van der Waals surface area contributed by atoms with Gasteiger partial charge in [0.25, 0.3) is 0 Å². The Bertz CT molecular complexity index is 483. The molecule has 0 spiro atoms. The molecule has 0 bridgehead atoms. The zero-order valence-corrected chi connectivity index (χ0v) is 8.51. The minimum atomic E-state index is 0.792. The SMILES string of the molecule is Cn1ccc(-c2nnc3n2CCNC3)n1. The van der Waals surface area contributed by atoms with Crippen LogP contribution in [-0.2, 0) is 20.1 Å². The van der Waals surface area contributed by atoms with Crippen LogP contribution in [0, 0.1) is 0 Å². The molecule has 0 saturated heterocycles. The molecule has 0 saturated carbocycles. The maximum absolute atomic E-state index is 4.33. The van der Waals surface area contributed by atoms with E-state index < -0.39 is 0 Å². The molecule has 2 aromatic heterocycles. The van der Waals surface area contributed by atoms with Crippen molar-refractivity contribution in [1.29, 1.82) is 0 Å². The second kappa shape index (κ2) is 3.16. The molecule has 0 atom stereocenters. The topological polar surface area (TPSA) is 60.6 Å². The summed E-state index contributed by atoms with van der Waals surface area (Å²) in [4.78, 5) is 0. The normalized spacial score (nSPS) is 15.3. The number of hydrogen-bond acceptors (Lipinski definition) is 4. The minimum absolute atomic E-state index is 0.792. The maximum atomic E-state index is 4.33. The van der Waals surface area contributed by atoms with Crippen LogP contribution >= 0.6 is 0 Å². The van der Waals surface area contributed by atoms with E-state index in [9.17, 15) is 0 Å². The van der Waals surface area contributed by atoms with Crippen LogP contribution in [0.25, 0.3) is 11.5 Å². The van der Waals surface area contributed by atoms with Crippen LogP contribution in [0.15, 0.2) is 12.3 Å². The van der Waals surface area contributed by atoms with E-state index in [1.54, 1.807) is 4.68 Å². The first-order valence-corrected chi connectivity index (χ1v) is 4.97. The zero-order valence-electron chi connectivity index (χ0n) is 8.51. The number of nitrogens with one attached hydrogen (secondary N) is 1. The number of aryl methyl sites for hydroxylation is 1. The summed E-state index contributed by atoms with van der Waals surface area (Å²) in [6, 6.07) is 1.96. The summed E-state index contributed by atoms with van der Waals surface area (Å²) in [6.07, 6.45) is 1.91. The molecule has 0 aliphatic carbocycles. The molecule has 0 aromatic carbocycles. The summed E-state index contributed by atoms with van der Waals surface area (Å²) in [5, 5.41) is 15.9. The second-order valence-electron chi connectivity index (χ2n) is 3.64. The van der Waals surface area contributed by atoms with Crippen LogP contribution in [-0.4, -0.2) is 31.1 Å². The molecule has 0 radical (unpaired) electrons. The molecule has 3 rings (SSSR count). The third kappa shape index (κ3) is 1.33. The van der Waals surface area contributed by atoms with Crippen molar-refractivity contribution in [3.8, 4) is 11.5 Å². The van der Waals surface area contributed by atoms with Gasteiger partial charge in [0.1, 0.15) is 11.5 Å². The highest BCUT2D eigenvalue weighted by atomic mass is 15.3. The van der Waals surface area contributed by atoms with Crippen LogP contribution < -0.4 is 5.32 Å². The second-order valence-corrected chi connectivity index (χ2v) is 3.64. The standard InChI is InChI=1S/C9H12N6/c1-14-4-2-7(13-14)9-12-11-8-6-10-3-5-15(8)9/h2,4,10H,3,5-6H2,1H3. The number of aromatic nitrogens is 5. The molecule has 1 aliphatic rings. The van der Waals surface area contributed by atoms with Crippen LogP contribution in [0.5, 0.6) is 0 Å². The van der Waals surface area contributed by atoms with Gasteiger partial charge in [0.2, 0.25) is 0 Å². The Balaban J connectivity index is 2.08. The van der Waals surface area contributed by atoms with E-state index >= 15 is 0 Å². The van der Waals surface area contributed by atoms with Gasteiger partial charge < -0.3 is 9.88 Å². The molecule has 1 N–H and O–H groups in total. The van der Waals surface area contributed by atoms with Gasteiger partial charge in [-0.1, -0.05) is 0 Å². The molecule has 6 heteroatoms. The Morgan fingerprint density at radius 1 is 1.40 bits per heavy atom. The molecule has 78 valence electrons. The fourth-order valence-electron chi connectivity index (χ4n) is 1.82. The number of hydrogen-bond donors (Lipinski definition) is 1. The Kier molecular flexibility index (Phi) is 1.81. The van der Waals surface area contributed by atoms with Gasteiger partial charge in [-0.2, -0.15) is 5.10 Å². The zero-order chi connectivity index (χ0) is 10.3. The van der Waals surface area contributed by atoms with Crippen molar-refractivity contribution >= 4 is 0 Å². The fourth-order valence-corrected chi connectivity index (χ4v) is 1.82. The molecular formula is C9H12N6. The minimum Gasteiger partial charge on any atom is -0.308 e. The summed E-state index contributed by atoms with van der Waals surface area (Å²) < 4.78 is 3.90. The quantitative estimate of drug-likeness (QED) is 0.697. The van der Waals surface area contributed by atoms with Crippen molar-refractivity contribution in [2.75, 3.05) is 6.54 Å². The van der Waals surface area contributed by atoms with Gasteiger partial charge >= 0.3 is 0 Å². The molecule has 0 unspecified atom stereocenters. The third-order valence-corrected chi connectivity index (χ3v) is 2.57. The van der Waals surface area contributed by atoms with E-state index in [0.717, 1.165) is 37.0 Å². The van der Waals surface area contributed by atoms with E-state index in [1.807, 2.05) is 19.3 Å². The molecule has 15 heavy (non-hydrogen) atoms. The van der Waals surface area contributed by atoms with Crippen molar-refractivity contribution in [3.05, 3.63) is 18.1 Å². The van der Waals surface area contributed by atoms with Crippen molar-refractivity contribution in [1.82, 2.24) is 29.9 Å². The monoisotopic (exact) mass is 204 g/mol. The molecule has 0 amide bonds. The van der Waals surface area contributed by atoms with E-state index in [-0.39, 0.29) is 0 Å². The fraction of sp³-hybridized carbons (Fsp3) is 0.444. The summed E-state index contributed by atoms with van der Waals surface area (Å²) in [6.45, 7) is 2.67. The first-order chi connectivity index (χ1) is 7.34. The van der Waals surface area contributed by atoms with Crippen molar-refractivity contribution < 1.29 is 0 Å². The smallest absolute Gasteiger partial charge is 0.184 e. The van der Waals surface area contributed by atoms with Crippen molar-refractivity contribution in [2.24, 2.45) is 7.05 Å². The highest BCUT2D eigenvalue weighted by Gasteiger charge is 2.17.